The van der Waals surface area contributed by atoms with E-state index in [1.54, 1.807) is 0 Å². The maximum atomic E-state index is 12.8. The fourth-order valence-electron chi connectivity index (χ4n) is 7.62. The van der Waals surface area contributed by atoms with Crippen LogP contribution < -0.4 is 0 Å². The molecule has 0 aliphatic carbocycles. The lowest BCUT2D eigenvalue weighted by atomic mass is 10.0. The van der Waals surface area contributed by atoms with Crippen LogP contribution in [0.2, 0.25) is 0 Å². The van der Waals surface area contributed by atoms with Crippen molar-refractivity contribution in [1.82, 2.24) is 0 Å². The lowest BCUT2D eigenvalue weighted by Gasteiger charge is -2.18. The van der Waals surface area contributed by atoms with Crippen LogP contribution in [-0.2, 0) is 28.6 Å². The van der Waals surface area contributed by atoms with Crippen LogP contribution in [0.4, 0.5) is 0 Å². The van der Waals surface area contributed by atoms with E-state index < -0.39 is 6.10 Å². The van der Waals surface area contributed by atoms with Gasteiger partial charge in [-0.15, -0.1) is 0 Å². The Morgan fingerprint density at radius 2 is 0.603 bits per heavy atom. The van der Waals surface area contributed by atoms with Gasteiger partial charge >= 0.3 is 17.9 Å². The van der Waals surface area contributed by atoms with Gasteiger partial charge in [0, 0.05) is 19.3 Å². The minimum atomic E-state index is -0.808. The molecule has 0 fully saturated rings. The first-order valence-corrected chi connectivity index (χ1v) is 28.2. The van der Waals surface area contributed by atoms with E-state index in [2.05, 4.69) is 112 Å². The van der Waals surface area contributed by atoms with Gasteiger partial charge in [-0.2, -0.15) is 0 Å². The van der Waals surface area contributed by atoms with Gasteiger partial charge in [-0.3, -0.25) is 14.4 Å². The standard InChI is InChI=1S/C62H104O6/c1-4-7-10-13-16-19-22-25-27-29-31-33-35-37-40-42-45-48-51-54-60(63)66-57-59(68-62(65)56-53-50-47-44-39-24-21-18-15-12-9-6-3)58-67-61(64)55-52-49-46-43-41-38-36-34-32-30-28-26-23-20-17-14-11-8-5-2/h7,10,16-17,19-20,25-28,31,33,37,40,45,48,59H,4-6,8-9,11-15,18,21-24,29-30,32,34-36,38-39,41-44,46-47,49-58H2,1-3H3/b10-7-,19-16-,20-17-,27-25-,28-26-,33-31-,40-37-,48-45-/t59-/m1/s1. The lowest BCUT2D eigenvalue weighted by Crippen LogP contribution is -2.30. The number of carbonyl (C=O) groups excluding carboxylic acids is 3. The number of unbranched alkanes of at least 4 members (excludes halogenated alkanes) is 23. The summed E-state index contributed by atoms with van der Waals surface area (Å²) in [5, 5.41) is 0. The van der Waals surface area contributed by atoms with Crippen molar-refractivity contribution in [1.29, 1.82) is 0 Å². The van der Waals surface area contributed by atoms with Crippen molar-refractivity contribution in [2.24, 2.45) is 0 Å². The molecule has 0 aromatic rings. The van der Waals surface area contributed by atoms with Crippen LogP contribution in [0.5, 0.6) is 0 Å². The summed E-state index contributed by atoms with van der Waals surface area (Å²) in [7, 11) is 0. The summed E-state index contributed by atoms with van der Waals surface area (Å²) in [5.41, 5.74) is 0. The van der Waals surface area contributed by atoms with E-state index in [0.717, 1.165) is 83.5 Å². The van der Waals surface area contributed by atoms with Crippen molar-refractivity contribution in [3.05, 3.63) is 97.2 Å². The van der Waals surface area contributed by atoms with E-state index in [1.165, 1.54) is 128 Å². The van der Waals surface area contributed by atoms with E-state index in [0.29, 0.717) is 19.3 Å². The molecule has 0 aliphatic heterocycles. The van der Waals surface area contributed by atoms with Crippen LogP contribution in [0.3, 0.4) is 0 Å². The predicted octanol–water partition coefficient (Wildman–Crippen LogP) is 18.9. The molecule has 0 N–H and O–H groups in total. The molecule has 0 saturated carbocycles. The SMILES string of the molecule is CC/C=C\C/C=C\C/C=C\C/C=C\C/C=C\C/C=C\CCC(=O)OC[C@H](COC(=O)CCCCCCCCCCC/C=C\C/C=C\CCCCC)OC(=O)CCCCCCCCCCCCCC. The molecular weight excluding hydrogens is 841 g/mol. The van der Waals surface area contributed by atoms with Gasteiger partial charge in [-0.1, -0.05) is 246 Å². The second kappa shape index (κ2) is 55.9. The van der Waals surface area contributed by atoms with Crippen LogP contribution in [0.25, 0.3) is 0 Å². The molecule has 0 aromatic heterocycles. The first kappa shape index (κ1) is 64.3. The molecule has 0 radical (unpaired) electrons. The molecule has 0 saturated heterocycles. The second-order valence-corrected chi connectivity index (χ2v) is 18.5. The minimum absolute atomic E-state index is 0.102. The van der Waals surface area contributed by atoms with E-state index in [4.69, 9.17) is 14.2 Å². The molecule has 6 heteroatoms. The zero-order valence-corrected chi connectivity index (χ0v) is 44.3. The largest absolute Gasteiger partial charge is 0.462 e. The molecule has 0 spiro atoms. The molecule has 388 valence electrons. The molecule has 0 heterocycles. The van der Waals surface area contributed by atoms with Gasteiger partial charge in [0.25, 0.3) is 0 Å². The molecule has 68 heavy (non-hydrogen) atoms. The Kier molecular flexibility index (Phi) is 52.9. The Bertz CT molecular complexity index is 1360. The Morgan fingerprint density at radius 3 is 1.01 bits per heavy atom. The van der Waals surface area contributed by atoms with Gasteiger partial charge in [0.05, 0.1) is 0 Å². The topological polar surface area (TPSA) is 78.9 Å². The molecule has 6 nitrogen and oxygen atoms in total. The average Bonchev–Trinajstić information content (AvgIpc) is 3.34. The Hall–Kier alpha value is -3.67. The average molecular weight is 946 g/mol. The van der Waals surface area contributed by atoms with Crippen LogP contribution in [0.15, 0.2) is 97.2 Å². The highest BCUT2D eigenvalue weighted by atomic mass is 16.6. The molecule has 0 aliphatic rings. The fourth-order valence-corrected chi connectivity index (χ4v) is 7.62. The zero-order valence-electron chi connectivity index (χ0n) is 44.3. The van der Waals surface area contributed by atoms with Gasteiger partial charge in [0.1, 0.15) is 13.2 Å². The summed E-state index contributed by atoms with van der Waals surface area (Å²) in [4.78, 5) is 38.1. The molecule has 0 unspecified atom stereocenters. The Labute approximate surface area is 419 Å². The summed E-state index contributed by atoms with van der Waals surface area (Å²) in [5.74, 6) is -0.990. The maximum absolute atomic E-state index is 12.8. The van der Waals surface area contributed by atoms with E-state index in [9.17, 15) is 14.4 Å². The number of allylic oxidation sites excluding steroid dienone is 16. The third kappa shape index (κ3) is 53.3. The van der Waals surface area contributed by atoms with Crippen molar-refractivity contribution < 1.29 is 28.6 Å². The van der Waals surface area contributed by atoms with E-state index >= 15 is 0 Å². The first-order valence-electron chi connectivity index (χ1n) is 28.2. The highest BCUT2D eigenvalue weighted by Gasteiger charge is 2.19. The first-order chi connectivity index (χ1) is 33.5. The smallest absolute Gasteiger partial charge is 0.306 e. The predicted molar refractivity (Wildman–Crippen MR) is 293 cm³/mol. The third-order valence-electron chi connectivity index (χ3n) is 11.8. The third-order valence-corrected chi connectivity index (χ3v) is 11.8. The summed E-state index contributed by atoms with van der Waals surface area (Å²) < 4.78 is 16.8. The summed E-state index contributed by atoms with van der Waals surface area (Å²) in [6.07, 6.45) is 74.0. The van der Waals surface area contributed by atoms with Gasteiger partial charge in [-0.05, 0) is 89.9 Å². The number of hydrogen-bond acceptors (Lipinski definition) is 6. The number of carbonyl (C=O) groups is 3. The second-order valence-electron chi connectivity index (χ2n) is 18.5. The number of ether oxygens (including phenoxy) is 3. The molecule has 0 aromatic carbocycles. The quantitative estimate of drug-likeness (QED) is 0.0262. The molecular formula is C62H104O6. The molecule has 0 amide bonds. The Balaban J connectivity index is 4.45. The maximum Gasteiger partial charge on any atom is 0.306 e. The van der Waals surface area contributed by atoms with Gasteiger partial charge in [0.2, 0.25) is 0 Å². The lowest BCUT2D eigenvalue weighted by molar-refractivity contribution is -0.166. The Morgan fingerprint density at radius 1 is 0.309 bits per heavy atom. The van der Waals surface area contributed by atoms with Crippen LogP contribution in [0.1, 0.15) is 258 Å². The molecule has 1 atom stereocenters. The number of rotatable bonds is 50. The summed E-state index contributed by atoms with van der Waals surface area (Å²) in [6.45, 7) is 6.44. The van der Waals surface area contributed by atoms with Gasteiger partial charge < -0.3 is 14.2 Å². The van der Waals surface area contributed by atoms with Crippen LogP contribution in [-0.4, -0.2) is 37.2 Å². The molecule has 0 rings (SSSR count). The van der Waals surface area contributed by atoms with Crippen molar-refractivity contribution in [2.75, 3.05) is 13.2 Å². The fraction of sp³-hybridized carbons (Fsp3) is 0.694. The van der Waals surface area contributed by atoms with Crippen molar-refractivity contribution in [3.63, 3.8) is 0 Å². The highest BCUT2D eigenvalue weighted by Crippen LogP contribution is 2.15. The number of hydrogen-bond donors (Lipinski definition) is 0. The molecule has 0 bridgehead atoms. The minimum Gasteiger partial charge on any atom is -0.462 e. The van der Waals surface area contributed by atoms with Gasteiger partial charge in [-0.25, -0.2) is 0 Å². The van der Waals surface area contributed by atoms with Crippen molar-refractivity contribution in [3.8, 4) is 0 Å². The van der Waals surface area contributed by atoms with Crippen molar-refractivity contribution >= 4 is 17.9 Å². The normalized spacial score (nSPS) is 12.8. The van der Waals surface area contributed by atoms with Crippen molar-refractivity contribution in [2.45, 2.75) is 264 Å². The highest BCUT2D eigenvalue weighted by molar-refractivity contribution is 5.71. The van der Waals surface area contributed by atoms with Crippen LogP contribution >= 0.6 is 0 Å². The van der Waals surface area contributed by atoms with E-state index in [1.807, 2.05) is 6.08 Å². The van der Waals surface area contributed by atoms with Gasteiger partial charge in [0.15, 0.2) is 6.10 Å². The number of esters is 3. The van der Waals surface area contributed by atoms with Crippen LogP contribution in [0, 0.1) is 0 Å². The summed E-state index contributed by atoms with van der Waals surface area (Å²) >= 11 is 0. The van der Waals surface area contributed by atoms with E-state index in [-0.39, 0.29) is 37.5 Å². The zero-order chi connectivity index (χ0) is 49.3. The monoisotopic (exact) mass is 945 g/mol. The summed E-state index contributed by atoms with van der Waals surface area (Å²) in [6, 6.07) is 0.